The van der Waals surface area contributed by atoms with E-state index in [1.54, 1.807) is 0 Å². The Bertz CT molecular complexity index is 289. The maximum absolute atomic E-state index is 12.4. The first-order valence-corrected chi connectivity index (χ1v) is 5.93. The van der Waals surface area contributed by atoms with Gasteiger partial charge in [-0.1, -0.05) is 27.7 Å². The van der Waals surface area contributed by atoms with E-state index in [1.807, 2.05) is 27.7 Å². The molecule has 0 aromatic heterocycles. The minimum atomic E-state index is -2.50. The van der Waals surface area contributed by atoms with Crippen molar-refractivity contribution in [1.82, 2.24) is 4.90 Å². The van der Waals surface area contributed by atoms with Crippen molar-refractivity contribution in [2.24, 2.45) is 22.5 Å². The van der Waals surface area contributed by atoms with Gasteiger partial charge in [-0.3, -0.25) is 4.79 Å². The molecule has 1 amide bonds. The largest absolute Gasteiger partial charge is 0.335 e. The molecular formula is C12H22F2N2O. The molecule has 0 bridgehead atoms. The molecule has 1 aliphatic carbocycles. The van der Waals surface area contributed by atoms with Crippen LogP contribution in [0.2, 0.25) is 0 Å². The van der Waals surface area contributed by atoms with Crippen molar-refractivity contribution in [2.75, 3.05) is 19.6 Å². The van der Waals surface area contributed by atoms with E-state index in [4.69, 9.17) is 5.73 Å². The number of carbonyl (C=O) groups is 1. The van der Waals surface area contributed by atoms with Crippen LogP contribution in [0.15, 0.2) is 0 Å². The summed E-state index contributed by atoms with van der Waals surface area (Å²) in [4.78, 5) is 13.4. The van der Waals surface area contributed by atoms with Gasteiger partial charge in [0.05, 0.1) is 6.54 Å². The van der Waals surface area contributed by atoms with Crippen molar-refractivity contribution in [3.8, 4) is 0 Å². The van der Waals surface area contributed by atoms with E-state index in [9.17, 15) is 13.6 Å². The number of hydrogen-bond donors (Lipinski definition) is 1. The molecule has 0 aliphatic heterocycles. The van der Waals surface area contributed by atoms with Crippen LogP contribution in [0.4, 0.5) is 8.78 Å². The van der Waals surface area contributed by atoms with Crippen molar-refractivity contribution in [3.05, 3.63) is 0 Å². The van der Waals surface area contributed by atoms with Crippen molar-refractivity contribution >= 4 is 5.91 Å². The quantitative estimate of drug-likeness (QED) is 0.805. The fourth-order valence-electron chi connectivity index (χ4n) is 2.61. The van der Waals surface area contributed by atoms with Gasteiger partial charge in [-0.25, -0.2) is 8.78 Å². The number of rotatable bonds is 5. The minimum Gasteiger partial charge on any atom is -0.335 e. The summed E-state index contributed by atoms with van der Waals surface area (Å²) in [6.45, 7) is 7.89. The molecule has 0 heterocycles. The third-order valence-electron chi connectivity index (χ3n) is 4.34. The number of carbonyl (C=O) groups excluding carboxylic acids is 1. The molecule has 5 heteroatoms. The van der Waals surface area contributed by atoms with Gasteiger partial charge >= 0.3 is 0 Å². The molecule has 0 aromatic rings. The molecule has 17 heavy (non-hydrogen) atoms. The average molecular weight is 248 g/mol. The normalized spacial score (nSPS) is 21.6. The highest BCUT2D eigenvalue weighted by molar-refractivity contribution is 5.84. The molecule has 100 valence electrons. The Labute approximate surface area is 101 Å². The summed E-state index contributed by atoms with van der Waals surface area (Å²) in [6.07, 6.45) is -2.50. The van der Waals surface area contributed by atoms with E-state index < -0.39 is 13.0 Å². The third-order valence-corrected chi connectivity index (χ3v) is 4.34. The van der Waals surface area contributed by atoms with Crippen molar-refractivity contribution in [1.29, 1.82) is 0 Å². The molecule has 2 N–H and O–H groups in total. The molecule has 0 atom stereocenters. The molecule has 1 rings (SSSR count). The van der Waals surface area contributed by atoms with Gasteiger partial charge in [-0.2, -0.15) is 0 Å². The first-order chi connectivity index (χ1) is 7.66. The highest BCUT2D eigenvalue weighted by atomic mass is 19.3. The van der Waals surface area contributed by atoms with Crippen molar-refractivity contribution in [3.63, 3.8) is 0 Å². The lowest BCUT2D eigenvalue weighted by Gasteiger charge is -2.22. The predicted octanol–water partition coefficient (Wildman–Crippen LogP) is 1.72. The first-order valence-electron chi connectivity index (χ1n) is 5.93. The van der Waals surface area contributed by atoms with Crippen LogP contribution in [0.3, 0.4) is 0 Å². The lowest BCUT2D eigenvalue weighted by molar-refractivity contribution is -0.135. The Morgan fingerprint density at radius 3 is 2.06 bits per heavy atom. The van der Waals surface area contributed by atoms with E-state index in [1.165, 1.54) is 4.90 Å². The Kier molecular flexibility index (Phi) is 3.81. The van der Waals surface area contributed by atoms with Crippen molar-refractivity contribution < 1.29 is 13.6 Å². The van der Waals surface area contributed by atoms with Gasteiger partial charge in [0.25, 0.3) is 6.43 Å². The van der Waals surface area contributed by atoms with Crippen LogP contribution in [0.1, 0.15) is 27.7 Å². The lowest BCUT2D eigenvalue weighted by Crippen LogP contribution is -2.40. The third kappa shape index (κ3) is 2.44. The zero-order valence-electron chi connectivity index (χ0n) is 11.0. The fraction of sp³-hybridized carbons (Fsp3) is 0.917. The maximum atomic E-state index is 12.4. The number of amides is 1. The zero-order valence-corrected chi connectivity index (χ0v) is 11.0. The van der Waals surface area contributed by atoms with Gasteiger partial charge in [-0.15, -0.1) is 0 Å². The Balaban J connectivity index is 2.74. The first kappa shape index (κ1) is 14.4. The van der Waals surface area contributed by atoms with Crippen LogP contribution >= 0.6 is 0 Å². The second kappa shape index (κ2) is 4.52. The molecule has 0 aromatic carbocycles. The lowest BCUT2D eigenvalue weighted by atomic mass is 10.0. The number of hydrogen-bond acceptors (Lipinski definition) is 2. The maximum Gasteiger partial charge on any atom is 0.255 e. The van der Waals surface area contributed by atoms with Crippen LogP contribution in [0.5, 0.6) is 0 Å². The van der Waals surface area contributed by atoms with E-state index in [0.717, 1.165) is 0 Å². The summed E-state index contributed by atoms with van der Waals surface area (Å²) in [7, 11) is 0. The van der Waals surface area contributed by atoms with Gasteiger partial charge in [0.1, 0.15) is 0 Å². The highest BCUT2D eigenvalue weighted by Crippen LogP contribution is 2.68. The van der Waals surface area contributed by atoms with Crippen LogP contribution in [0, 0.1) is 16.7 Å². The van der Waals surface area contributed by atoms with Crippen LogP contribution in [-0.4, -0.2) is 36.9 Å². The van der Waals surface area contributed by atoms with E-state index >= 15 is 0 Å². The molecule has 1 aliphatic rings. The second-order valence-electron chi connectivity index (χ2n) is 5.84. The number of nitrogens with zero attached hydrogens (tertiary/aromatic N) is 1. The monoisotopic (exact) mass is 248 g/mol. The van der Waals surface area contributed by atoms with Crippen LogP contribution in [0.25, 0.3) is 0 Å². The minimum absolute atomic E-state index is 0.126. The van der Waals surface area contributed by atoms with Crippen LogP contribution < -0.4 is 5.73 Å². The summed E-state index contributed by atoms with van der Waals surface area (Å²) >= 11 is 0. The highest BCUT2D eigenvalue weighted by Gasteiger charge is 2.68. The summed E-state index contributed by atoms with van der Waals surface area (Å²) in [6, 6.07) is 0. The summed E-state index contributed by atoms with van der Waals surface area (Å²) in [5.41, 5.74) is 5.11. The summed E-state index contributed by atoms with van der Waals surface area (Å²) in [5, 5.41) is 0. The zero-order chi connectivity index (χ0) is 13.4. The molecule has 1 saturated carbocycles. The Hall–Kier alpha value is -0.710. The SMILES string of the molecule is CC1(C)C(C(=O)N(CCN)CC(F)F)C1(C)C. The summed E-state index contributed by atoms with van der Waals surface area (Å²) in [5.74, 6) is -0.369. The molecule has 0 radical (unpaired) electrons. The van der Waals surface area contributed by atoms with E-state index in [-0.39, 0.29) is 35.7 Å². The van der Waals surface area contributed by atoms with E-state index in [0.29, 0.717) is 0 Å². The average Bonchev–Trinajstić information content (AvgIpc) is 2.55. The molecule has 0 unspecified atom stereocenters. The van der Waals surface area contributed by atoms with Gasteiger partial charge in [0.15, 0.2) is 0 Å². The van der Waals surface area contributed by atoms with Gasteiger partial charge in [0.2, 0.25) is 5.91 Å². The Morgan fingerprint density at radius 1 is 1.29 bits per heavy atom. The molecule has 0 spiro atoms. The number of halogens is 2. The molecule has 0 saturated heterocycles. The molecule has 1 fully saturated rings. The van der Waals surface area contributed by atoms with Crippen molar-refractivity contribution in [2.45, 2.75) is 34.1 Å². The summed E-state index contributed by atoms with van der Waals surface area (Å²) < 4.78 is 24.8. The number of alkyl halides is 2. The van der Waals surface area contributed by atoms with Crippen LogP contribution in [-0.2, 0) is 4.79 Å². The molecular weight excluding hydrogens is 226 g/mol. The van der Waals surface area contributed by atoms with Gasteiger partial charge < -0.3 is 10.6 Å². The standard InChI is InChI=1S/C12H22F2N2O/c1-11(2)9(12(11,3)4)10(17)16(6-5-15)7-8(13)14/h8-9H,5-7,15H2,1-4H3. The van der Waals surface area contributed by atoms with E-state index in [2.05, 4.69) is 0 Å². The fourth-order valence-corrected chi connectivity index (χ4v) is 2.61. The van der Waals surface area contributed by atoms with Gasteiger partial charge in [-0.05, 0) is 10.8 Å². The molecule has 3 nitrogen and oxygen atoms in total. The van der Waals surface area contributed by atoms with Gasteiger partial charge in [0, 0.05) is 19.0 Å². The number of nitrogens with two attached hydrogens (primary N) is 1. The topological polar surface area (TPSA) is 46.3 Å². The second-order valence-corrected chi connectivity index (χ2v) is 5.84. The predicted molar refractivity (Wildman–Crippen MR) is 62.7 cm³/mol. The smallest absolute Gasteiger partial charge is 0.255 e. The Morgan fingerprint density at radius 2 is 1.76 bits per heavy atom.